The molecule has 0 saturated carbocycles. The molecule has 1 N–H and O–H groups in total. The third kappa shape index (κ3) is 3.64. The molecule has 0 radical (unpaired) electrons. The smallest absolute Gasteiger partial charge is 0.330 e. The van der Waals surface area contributed by atoms with Crippen molar-refractivity contribution in [1.29, 1.82) is 0 Å². The molecule has 0 heterocycles. The van der Waals surface area contributed by atoms with Crippen LogP contribution in [0.2, 0.25) is 0 Å². The van der Waals surface area contributed by atoms with Crippen molar-refractivity contribution in [2.45, 2.75) is 19.4 Å². The molecule has 0 aliphatic rings. The fourth-order valence-electron chi connectivity index (χ4n) is 1.65. The summed E-state index contributed by atoms with van der Waals surface area (Å²) in [6.45, 7) is 7.77. The summed E-state index contributed by atoms with van der Waals surface area (Å²) in [7, 11) is 0. The highest BCUT2D eigenvalue weighted by atomic mass is 79.9. The number of hydrogen-bond donors (Lipinski definition) is 1. The minimum absolute atomic E-state index is 0.284. The molecular weight excluding hydrogens is 313 g/mol. The number of ether oxygens (including phenoxy) is 1. The van der Waals surface area contributed by atoms with E-state index in [4.69, 9.17) is 4.74 Å². The van der Waals surface area contributed by atoms with E-state index in [-0.39, 0.29) is 12.4 Å². The van der Waals surface area contributed by atoms with Gasteiger partial charge in [-0.25, -0.2) is 9.18 Å². The highest BCUT2D eigenvalue weighted by Crippen LogP contribution is 2.27. The Kier molecular flexibility index (Phi) is 5.69. The molecule has 1 atom stereocenters. The van der Waals surface area contributed by atoms with Crippen LogP contribution in [0.15, 0.2) is 35.3 Å². The Morgan fingerprint density at radius 3 is 2.84 bits per heavy atom. The quantitative estimate of drug-likeness (QED) is 0.643. The molecule has 1 aromatic carbocycles. The van der Waals surface area contributed by atoms with Crippen molar-refractivity contribution in [3.63, 3.8) is 0 Å². The first-order valence-electron chi connectivity index (χ1n) is 5.94. The Balaban J connectivity index is 3.17. The van der Waals surface area contributed by atoms with E-state index >= 15 is 0 Å². The molecule has 1 aromatic rings. The summed E-state index contributed by atoms with van der Waals surface area (Å²) in [5.41, 5.74) is -0.415. The first kappa shape index (κ1) is 15.9. The lowest BCUT2D eigenvalue weighted by Gasteiger charge is -2.28. The molecular formula is C14H17BrFNO2. The van der Waals surface area contributed by atoms with Gasteiger partial charge in [-0.2, -0.15) is 0 Å². The monoisotopic (exact) mass is 329 g/mol. The van der Waals surface area contributed by atoms with Gasteiger partial charge < -0.3 is 4.74 Å². The summed E-state index contributed by atoms with van der Waals surface area (Å²) in [6.07, 6.45) is 1.65. The zero-order chi connectivity index (χ0) is 14.5. The summed E-state index contributed by atoms with van der Waals surface area (Å²) in [4.78, 5) is 12.1. The van der Waals surface area contributed by atoms with Gasteiger partial charge in [0.2, 0.25) is 0 Å². The summed E-state index contributed by atoms with van der Waals surface area (Å²) < 4.78 is 18.7. The molecule has 3 nitrogen and oxygen atoms in total. The van der Waals surface area contributed by atoms with E-state index < -0.39 is 11.5 Å². The number of halogens is 2. The lowest BCUT2D eigenvalue weighted by molar-refractivity contribution is -0.150. The average Bonchev–Trinajstić information content (AvgIpc) is 2.39. The maximum Gasteiger partial charge on any atom is 0.330 e. The van der Waals surface area contributed by atoms with Gasteiger partial charge in [-0.3, -0.25) is 5.32 Å². The molecule has 0 fully saturated rings. The lowest BCUT2D eigenvalue weighted by atomic mass is 9.92. The number of nitrogens with one attached hydrogen (secondary N) is 1. The van der Waals surface area contributed by atoms with Gasteiger partial charge in [-0.15, -0.1) is 6.58 Å². The summed E-state index contributed by atoms with van der Waals surface area (Å²) >= 11 is 3.12. The van der Waals surface area contributed by atoms with Crippen molar-refractivity contribution in [2.24, 2.45) is 0 Å². The van der Waals surface area contributed by atoms with E-state index in [1.165, 1.54) is 6.07 Å². The van der Waals surface area contributed by atoms with Gasteiger partial charge in [0.1, 0.15) is 11.4 Å². The van der Waals surface area contributed by atoms with Gasteiger partial charge >= 0.3 is 5.97 Å². The molecule has 104 valence electrons. The minimum atomic E-state index is -1.04. The summed E-state index contributed by atoms with van der Waals surface area (Å²) in [5, 5.41) is 3.06. The molecule has 0 aliphatic heterocycles. The van der Waals surface area contributed by atoms with Gasteiger partial charge in [0.15, 0.2) is 0 Å². The van der Waals surface area contributed by atoms with Crippen molar-refractivity contribution >= 4 is 21.9 Å². The fraction of sp³-hybridized carbons (Fsp3) is 0.357. The zero-order valence-electron chi connectivity index (χ0n) is 11.0. The number of esters is 1. The Morgan fingerprint density at radius 2 is 2.32 bits per heavy atom. The number of carbonyl (C=O) groups is 1. The van der Waals surface area contributed by atoms with E-state index in [0.717, 1.165) is 0 Å². The number of carbonyl (C=O) groups excluding carboxylic acids is 1. The third-order valence-corrected chi connectivity index (χ3v) is 3.39. The highest BCUT2D eigenvalue weighted by molar-refractivity contribution is 9.10. The normalized spacial score (nSPS) is 13.7. The molecule has 0 spiro atoms. The second-order valence-corrected chi connectivity index (χ2v) is 5.00. The van der Waals surface area contributed by atoms with Crippen LogP contribution in [0.4, 0.5) is 4.39 Å². The van der Waals surface area contributed by atoms with Crippen LogP contribution in [0, 0.1) is 5.82 Å². The molecule has 1 unspecified atom stereocenters. The van der Waals surface area contributed by atoms with Gasteiger partial charge in [-0.05, 0) is 47.5 Å². The van der Waals surface area contributed by atoms with Gasteiger partial charge in [0, 0.05) is 6.54 Å². The Bertz CT molecular complexity index is 479. The zero-order valence-corrected chi connectivity index (χ0v) is 12.6. The van der Waals surface area contributed by atoms with Crippen LogP contribution in [0.25, 0.3) is 0 Å². The molecule has 19 heavy (non-hydrogen) atoms. The van der Waals surface area contributed by atoms with Crippen LogP contribution in [0.1, 0.15) is 19.4 Å². The third-order valence-electron chi connectivity index (χ3n) is 2.78. The first-order valence-corrected chi connectivity index (χ1v) is 6.73. The van der Waals surface area contributed by atoms with E-state index in [1.54, 1.807) is 32.1 Å². The molecule has 0 aliphatic carbocycles. The number of hydrogen-bond acceptors (Lipinski definition) is 3. The van der Waals surface area contributed by atoms with Gasteiger partial charge in [0.25, 0.3) is 0 Å². The predicted octanol–water partition coefficient (Wildman–Crippen LogP) is 3.14. The van der Waals surface area contributed by atoms with Crippen molar-refractivity contribution in [1.82, 2.24) is 5.32 Å². The van der Waals surface area contributed by atoms with Crippen LogP contribution in [0.5, 0.6) is 0 Å². The van der Waals surface area contributed by atoms with Crippen LogP contribution < -0.4 is 5.32 Å². The average molecular weight is 330 g/mol. The molecule has 0 bridgehead atoms. The Hall–Kier alpha value is -1.20. The van der Waals surface area contributed by atoms with Crippen molar-refractivity contribution < 1.29 is 13.9 Å². The topological polar surface area (TPSA) is 38.3 Å². The number of rotatable bonds is 6. The van der Waals surface area contributed by atoms with Crippen molar-refractivity contribution in [3.05, 3.63) is 46.7 Å². The van der Waals surface area contributed by atoms with Crippen LogP contribution in [-0.2, 0) is 15.1 Å². The molecule has 5 heteroatoms. The Labute approximate surface area is 121 Å². The van der Waals surface area contributed by atoms with E-state index in [0.29, 0.717) is 16.6 Å². The van der Waals surface area contributed by atoms with Crippen LogP contribution in [-0.4, -0.2) is 19.1 Å². The maximum absolute atomic E-state index is 13.3. The second-order valence-electron chi connectivity index (χ2n) is 4.14. The van der Waals surface area contributed by atoms with E-state index in [2.05, 4.69) is 27.8 Å². The number of benzene rings is 1. The molecule has 0 amide bonds. The van der Waals surface area contributed by atoms with E-state index in [9.17, 15) is 9.18 Å². The fourth-order valence-corrected chi connectivity index (χ4v) is 2.03. The van der Waals surface area contributed by atoms with Gasteiger partial charge in [-0.1, -0.05) is 12.1 Å². The maximum atomic E-state index is 13.3. The minimum Gasteiger partial charge on any atom is -0.464 e. The SMILES string of the molecule is C=CCNC(C)(C(=O)OCC)c1ccc(F)c(Br)c1. The molecule has 0 aromatic heterocycles. The lowest BCUT2D eigenvalue weighted by Crippen LogP contribution is -2.47. The largest absolute Gasteiger partial charge is 0.464 e. The first-order chi connectivity index (χ1) is 8.95. The van der Waals surface area contributed by atoms with Crippen LogP contribution in [0.3, 0.4) is 0 Å². The van der Waals surface area contributed by atoms with Gasteiger partial charge in [0.05, 0.1) is 11.1 Å². The standard InChI is InChI=1S/C14H17BrFNO2/c1-4-8-17-14(3,13(18)19-5-2)10-6-7-12(16)11(15)9-10/h4,6-7,9,17H,1,5,8H2,2-3H3. The predicted molar refractivity (Wildman–Crippen MR) is 76.3 cm³/mol. The summed E-state index contributed by atoms with van der Waals surface area (Å²) in [6, 6.07) is 4.45. The Morgan fingerprint density at radius 1 is 1.63 bits per heavy atom. The molecule has 1 rings (SSSR count). The van der Waals surface area contributed by atoms with Crippen LogP contribution >= 0.6 is 15.9 Å². The molecule has 0 saturated heterocycles. The van der Waals surface area contributed by atoms with E-state index in [1.807, 2.05) is 0 Å². The second kappa shape index (κ2) is 6.82. The highest BCUT2D eigenvalue weighted by Gasteiger charge is 2.36. The van der Waals surface area contributed by atoms with Crippen molar-refractivity contribution in [2.75, 3.05) is 13.2 Å². The summed E-state index contributed by atoms with van der Waals surface area (Å²) in [5.74, 6) is -0.783. The van der Waals surface area contributed by atoms with Crippen molar-refractivity contribution in [3.8, 4) is 0 Å².